The lowest BCUT2D eigenvalue weighted by atomic mass is 9.83. The second-order valence-electron chi connectivity index (χ2n) is 10.9. The molecule has 0 aliphatic carbocycles. The Morgan fingerprint density at radius 3 is 0.745 bits per heavy atom. The van der Waals surface area contributed by atoms with E-state index >= 15 is 0 Å². The summed E-state index contributed by atoms with van der Waals surface area (Å²) >= 11 is 0. The Kier molecular flexibility index (Phi) is 12.9. The fourth-order valence-electron chi connectivity index (χ4n) is 3.39. The molecule has 0 aliphatic rings. The maximum Gasteiger partial charge on any atom is 0.460 e. The molecule has 34 heteroatoms. The molecule has 0 aromatic rings. The van der Waals surface area contributed by atoms with Crippen molar-refractivity contribution in [2.45, 2.75) is 95.2 Å². The number of halogens is 32. The maximum absolute atomic E-state index is 14.0. The third-order valence-corrected chi connectivity index (χ3v) is 6.67. The molecule has 0 aromatic heterocycles. The average Bonchev–Trinajstić information content (AvgIpc) is 2.94. The van der Waals surface area contributed by atoms with Gasteiger partial charge in [0.25, 0.3) is 0 Å². The molecule has 0 aliphatic heterocycles. The SMILES string of the molecule is CN(C)CC(O)C=C(F)C(F)(F)C(F)(F)C(F)(F)C(F)(F)C(F)(F)C(F)(F)C(F)(F)C(F)(F)C(F)(F)C(F)(F)C(F)(F)C(F)(F)C(F)(F)C(F)(F)C(F)(F)F. The van der Waals surface area contributed by atoms with E-state index in [1.54, 1.807) is 0 Å². The number of rotatable bonds is 17. The van der Waals surface area contributed by atoms with Crippen molar-refractivity contribution in [1.29, 1.82) is 0 Å². The van der Waals surface area contributed by atoms with Crippen molar-refractivity contribution in [2.75, 3.05) is 20.6 Å². The second-order valence-corrected chi connectivity index (χ2v) is 10.9. The van der Waals surface area contributed by atoms with Gasteiger partial charge in [-0.2, -0.15) is 136 Å². The molecule has 1 atom stereocenters. The normalized spacial score (nSPS) is 17.6. The number of hydrogen-bond acceptors (Lipinski definition) is 2. The highest BCUT2D eigenvalue weighted by Crippen LogP contribution is 2.69. The smallest absolute Gasteiger partial charge is 0.388 e. The zero-order valence-electron chi connectivity index (χ0n) is 24.9. The van der Waals surface area contributed by atoms with E-state index in [1.807, 2.05) is 0 Å². The lowest BCUT2D eigenvalue weighted by Gasteiger charge is -2.46. The first-order valence-corrected chi connectivity index (χ1v) is 12.3. The highest BCUT2D eigenvalue weighted by atomic mass is 19.4. The fraction of sp³-hybridized carbons (Fsp3) is 0.905. The van der Waals surface area contributed by atoms with E-state index in [9.17, 15) is 140 Å². The molecule has 1 unspecified atom stereocenters. The summed E-state index contributed by atoms with van der Waals surface area (Å²) in [5.74, 6) is -138. The Morgan fingerprint density at radius 1 is 0.382 bits per heavy atom. The topological polar surface area (TPSA) is 23.5 Å². The monoisotopic (exact) mass is 901 g/mol. The van der Waals surface area contributed by atoms with Crippen LogP contribution in [0.1, 0.15) is 0 Å². The summed E-state index contributed by atoms with van der Waals surface area (Å²) < 4.78 is 434. The number of nitrogens with zero attached hydrogens (tertiary/aromatic N) is 1. The van der Waals surface area contributed by atoms with Gasteiger partial charge in [-0.3, -0.25) is 0 Å². The molecule has 0 spiro atoms. The van der Waals surface area contributed by atoms with Gasteiger partial charge in [0.15, 0.2) is 5.83 Å². The van der Waals surface area contributed by atoms with Crippen molar-refractivity contribution >= 4 is 0 Å². The molecule has 0 saturated carbocycles. The third kappa shape index (κ3) is 6.65. The number of allylic oxidation sites excluding steroid dienone is 1. The Morgan fingerprint density at radius 2 is 0.564 bits per heavy atom. The molecule has 330 valence electrons. The second kappa shape index (κ2) is 13.5. The van der Waals surface area contributed by atoms with Gasteiger partial charge in [-0.25, -0.2) is 4.39 Å². The van der Waals surface area contributed by atoms with Gasteiger partial charge < -0.3 is 10.0 Å². The summed E-state index contributed by atoms with van der Waals surface area (Å²) in [6.45, 7) is -1.22. The lowest BCUT2D eigenvalue weighted by Crippen LogP contribution is -2.79. The van der Waals surface area contributed by atoms with Gasteiger partial charge in [0.1, 0.15) is 0 Å². The molecular weight excluding hydrogens is 890 g/mol. The minimum Gasteiger partial charge on any atom is -0.388 e. The van der Waals surface area contributed by atoms with E-state index in [1.165, 1.54) is 0 Å². The van der Waals surface area contributed by atoms with Gasteiger partial charge in [-0.15, -0.1) is 0 Å². The van der Waals surface area contributed by atoms with Crippen LogP contribution in [0.5, 0.6) is 0 Å². The molecule has 0 saturated heterocycles. The Hall–Kier alpha value is -2.58. The van der Waals surface area contributed by atoms with Crippen LogP contribution in [0.15, 0.2) is 11.9 Å². The zero-order valence-corrected chi connectivity index (χ0v) is 24.9. The molecule has 0 amide bonds. The standard InChI is InChI=1S/C21H11F32NO/c1-54(2)4-5(55)3-6(22)7(23,24)8(25,26)9(27,28)10(29,30)11(31,32)12(33,34)13(35,36)14(37,38)15(39,40)16(41,42)17(43,44)18(45,46)19(47,48)20(49,50)21(51,52)53/h3,5,55H,4H2,1-2H3. The third-order valence-electron chi connectivity index (χ3n) is 6.67. The highest BCUT2D eigenvalue weighted by Gasteiger charge is 3.01. The van der Waals surface area contributed by atoms with Crippen molar-refractivity contribution in [1.82, 2.24) is 4.90 Å². The van der Waals surface area contributed by atoms with Gasteiger partial charge in [-0.1, -0.05) is 0 Å². The van der Waals surface area contributed by atoms with Crippen LogP contribution >= 0.6 is 0 Å². The van der Waals surface area contributed by atoms with Crippen LogP contribution in [0.25, 0.3) is 0 Å². The molecule has 2 nitrogen and oxygen atoms in total. The molecule has 0 fully saturated rings. The molecule has 0 heterocycles. The van der Waals surface area contributed by atoms with E-state index in [0.29, 0.717) is 4.90 Å². The fourth-order valence-corrected chi connectivity index (χ4v) is 3.39. The predicted octanol–water partition coefficient (Wildman–Crippen LogP) is 10.2. The van der Waals surface area contributed by atoms with Gasteiger partial charge >= 0.3 is 89.1 Å². The van der Waals surface area contributed by atoms with E-state index in [-0.39, 0.29) is 0 Å². The molecule has 0 rings (SSSR count). The van der Waals surface area contributed by atoms with Gasteiger partial charge in [0.05, 0.1) is 6.10 Å². The van der Waals surface area contributed by atoms with E-state index in [2.05, 4.69) is 0 Å². The molecule has 55 heavy (non-hydrogen) atoms. The minimum atomic E-state index is -10.2. The van der Waals surface area contributed by atoms with Crippen LogP contribution in [0.2, 0.25) is 0 Å². The van der Waals surface area contributed by atoms with Gasteiger partial charge in [-0.05, 0) is 20.2 Å². The highest BCUT2D eigenvalue weighted by molar-refractivity contribution is 5.24. The van der Waals surface area contributed by atoms with Crippen LogP contribution in [0, 0.1) is 0 Å². The molecule has 1 N–H and O–H groups in total. The number of likely N-dealkylation sites (N-methyl/N-ethyl adjacent to an activating group) is 1. The van der Waals surface area contributed by atoms with Crippen LogP contribution < -0.4 is 0 Å². The minimum absolute atomic E-state index is 0.597. The van der Waals surface area contributed by atoms with Crippen LogP contribution in [-0.4, -0.2) is 126 Å². The summed E-state index contributed by atoms with van der Waals surface area (Å²) in [5.41, 5.74) is 0. The van der Waals surface area contributed by atoms with E-state index in [4.69, 9.17) is 5.11 Å². The number of hydrogen-bond donors (Lipinski definition) is 1. The lowest BCUT2D eigenvalue weighted by molar-refractivity contribution is -0.489. The van der Waals surface area contributed by atoms with Crippen molar-refractivity contribution in [3.63, 3.8) is 0 Å². The number of aliphatic hydroxyl groups excluding tert-OH is 1. The molecule has 0 radical (unpaired) electrons. The van der Waals surface area contributed by atoms with Crippen molar-refractivity contribution in [3.05, 3.63) is 11.9 Å². The Balaban J connectivity index is 7.66. The van der Waals surface area contributed by atoms with Crippen molar-refractivity contribution in [3.8, 4) is 0 Å². The Bertz CT molecular complexity index is 1400. The average molecular weight is 901 g/mol. The molecule has 0 bridgehead atoms. The molecular formula is C21H11F32NO. The van der Waals surface area contributed by atoms with Gasteiger partial charge in [0.2, 0.25) is 0 Å². The maximum atomic E-state index is 14.0. The number of aliphatic hydroxyl groups is 1. The van der Waals surface area contributed by atoms with Crippen molar-refractivity contribution < 1.29 is 146 Å². The summed E-state index contributed by atoms with van der Waals surface area (Å²) in [5, 5.41) is 9.14. The van der Waals surface area contributed by atoms with Crippen LogP contribution in [0.4, 0.5) is 140 Å². The summed E-state index contributed by atoms with van der Waals surface area (Å²) in [7, 11) is 1.66. The quantitative estimate of drug-likeness (QED) is 0.147. The first-order valence-electron chi connectivity index (χ1n) is 12.3. The van der Waals surface area contributed by atoms with E-state index < -0.39 is 114 Å². The largest absolute Gasteiger partial charge is 0.460 e. The van der Waals surface area contributed by atoms with Crippen LogP contribution in [-0.2, 0) is 0 Å². The first kappa shape index (κ1) is 52.4. The summed E-state index contributed by atoms with van der Waals surface area (Å²) in [4.78, 5) is 0.597. The first-order chi connectivity index (χ1) is 23.2. The molecule has 0 aromatic carbocycles. The Labute approximate surface area is 279 Å². The predicted molar refractivity (Wildman–Crippen MR) is 109 cm³/mol. The zero-order chi connectivity index (χ0) is 45.6. The van der Waals surface area contributed by atoms with Crippen LogP contribution in [0.3, 0.4) is 0 Å². The summed E-state index contributed by atoms with van der Waals surface area (Å²) in [6.07, 6.45) is -12.6. The number of alkyl halides is 31. The van der Waals surface area contributed by atoms with Crippen molar-refractivity contribution in [2.24, 2.45) is 0 Å². The van der Waals surface area contributed by atoms with E-state index in [0.717, 1.165) is 14.1 Å². The van der Waals surface area contributed by atoms with Gasteiger partial charge in [0, 0.05) is 6.54 Å². The summed E-state index contributed by atoms with van der Waals surface area (Å²) in [6, 6.07) is 0.